The van der Waals surface area contributed by atoms with E-state index in [0.717, 1.165) is 6.42 Å². The van der Waals surface area contributed by atoms with Gasteiger partial charge in [-0.3, -0.25) is 4.79 Å². The number of rotatable bonds is 11. The SMILES string of the molecule is CCCCC[C@@H](/C=C/[C@H]1[C@H](O[Si](C)(C)C(C)(C)C)CC(=O)[C@@H]1CC#C[Si](C)(C)C)O[Si](C)(C)C(C)(C)C. The molecule has 0 aromatic carbocycles. The average Bonchev–Trinajstić information content (AvgIpc) is 2.97. The van der Waals surface area contributed by atoms with Crippen LogP contribution in [-0.4, -0.2) is 42.7 Å². The normalized spacial score (nSPS) is 22.9. The monoisotopic (exact) mass is 564 g/mol. The topological polar surface area (TPSA) is 35.5 Å². The molecule has 0 aromatic heterocycles. The Bertz CT molecular complexity index is 829. The summed E-state index contributed by atoms with van der Waals surface area (Å²) in [5.74, 6) is 3.71. The first-order valence-corrected chi connectivity index (χ1v) is 24.0. The highest BCUT2D eigenvalue weighted by atomic mass is 28.4. The van der Waals surface area contributed by atoms with Crippen LogP contribution in [0, 0.1) is 23.3 Å². The van der Waals surface area contributed by atoms with E-state index in [4.69, 9.17) is 8.85 Å². The van der Waals surface area contributed by atoms with Gasteiger partial charge in [-0.25, -0.2) is 0 Å². The zero-order valence-corrected chi connectivity index (χ0v) is 29.9. The average molecular weight is 565 g/mol. The molecule has 1 fully saturated rings. The van der Waals surface area contributed by atoms with Gasteiger partial charge in [0.25, 0.3) is 0 Å². The molecule has 0 aromatic rings. The van der Waals surface area contributed by atoms with Crippen LogP contribution in [0.4, 0.5) is 0 Å². The van der Waals surface area contributed by atoms with Crippen molar-refractivity contribution in [3.63, 3.8) is 0 Å². The quantitative estimate of drug-likeness (QED) is 0.108. The third kappa shape index (κ3) is 10.9. The fourth-order valence-electron chi connectivity index (χ4n) is 4.17. The summed E-state index contributed by atoms with van der Waals surface area (Å²) >= 11 is 0. The Kier molecular flexibility index (Phi) is 12.4. The smallest absolute Gasteiger partial charge is 0.192 e. The standard InChI is InChI=1S/C31H60O3Si3/c1-15-16-17-19-25(33-36(11,12)30(2,3)4)21-22-27-26(20-18-23-35(8,9)10)28(32)24-29(27)34-37(13,14)31(5,6)7/h21-22,25-27,29H,15-17,19-20,24H2,1-14H3/b22-21+/t25-,26+,27+,29+/m0/s1. The zero-order chi connectivity index (χ0) is 28.9. The molecule has 1 aliphatic rings. The molecule has 1 aliphatic carbocycles. The molecule has 0 bridgehead atoms. The van der Waals surface area contributed by atoms with Gasteiger partial charge in [0.15, 0.2) is 16.6 Å². The van der Waals surface area contributed by atoms with E-state index in [1.165, 1.54) is 19.3 Å². The van der Waals surface area contributed by atoms with Gasteiger partial charge in [0.1, 0.15) is 13.9 Å². The van der Waals surface area contributed by atoms with Crippen molar-refractivity contribution in [1.82, 2.24) is 0 Å². The predicted molar refractivity (Wildman–Crippen MR) is 170 cm³/mol. The van der Waals surface area contributed by atoms with E-state index in [9.17, 15) is 4.79 Å². The minimum absolute atomic E-state index is 0.0625. The van der Waals surface area contributed by atoms with E-state index in [0.29, 0.717) is 18.6 Å². The molecule has 6 heteroatoms. The van der Waals surface area contributed by atoms with Crippen LogP contribution < -0.4 is 0 Å². The third-order valence-corrected chi connectivity index (χ3v) is 18.6. The zero-order valence-electron chi connectivity index (χ0n) is 26.9. The second-order valence-electron chi connectivity index (χ2n) is 15.3. The van der Waals surface area contributed by atoms with Crippen molar-refractivity contribution in [2.75, 3.05) is 0 Å². The molecule has 214 valence electrons. The first kappa shape index (κ1) is 34.6. The molecular formula is C31H60O3Si3. The minimum Gasteiger partial charge on any atom is -0.413 e. The van der Waals surface area contributed by atoms with Gasteiger partial charge in [-0.15, -0.1) is 11.5 Å². The van der Waals surface area contributed by atoms with Crippen LogP contribution >= 0.6 is 0 Å². The van der Waals surface area contributed by atoms with Gasteiger partial charge in [-0.1, -0.05) is 99.5 Å². The maximum Gasteiger partial charge on any atom is 0.192 e. The Morgan fingerprint density at radius 1 is 0.946 bits per heavy atom. The van der Waals surface area contributed by atoms with E-state index in [1.807, 2.05) is 0 Å². The molecule has 0 spiro atoms. The molecule has 3 nitrogen and oxygen atoms in total. The van der Waals surface area contributed by atoms with Gasteiger partial charge >= 0.3 is 0 Å². The summed E-state index contributed by atoms with van der Waals surface area (Å²) in [5.41, 5.74) is 3.49. The second kappa shape index (κ2) is 13.3. The van der Waals surface area contributed by atoms with Crippen molar-refractivity contribution < 1.29 is 13.6 Å². The van der Waals surface area contributed by atoms with E-state index < -0.39 is 24.7 Å². The van der Waals surface area contributed by atoms with Crippen molar-refractivity contribution in [2.24, 2.45) is 11.8 Å². The second-order valence-corrected chi connectivity index (χ2v) is 29.6. The summed E-state index contributed by atoms with van der Waals surface area (Å²) < 4.78 is 13.8. The lowest BCUT2D eigenvalue weighted by molar-refractivity contribution is -0.121. The predicted octanol–water partition coefficient (Wildman–Crippen LogP) is 9.38. The molecule has 0 heterocycles. The summed E-state index contributed by atoms with van der Waals surface area (Å²) in [6.45, 7) is 32.0. The van der Waals surface area contributed by atoms with E-state index >= 15 is 0 Å². The Labute approximate surface area is 234 Å². The molecule has 4 atom stereocenters. The molecule has 0 saturated heterocycles. The van der Waals surface area contributed by atoms with Gasteiger partial charge in [0.2, 0.25) is 0 Å². The summed E-state index contributed by atoms with van der Waals surface area (Å²) in [6.07, 6.45) is 10.4. The van der Waals surface area contributed by atoms with Crippen LogP contribution in [0.25, 0.3) is 0 Å². The van der Waals surface area contributed by atoms with Crippen molar-refractivity contribution in [1.29, 1.82) is 0 Å². The summed E-state index contributed by atoms with van der Waals surface area (Å²) in [5, 5.41) is 0.268. The Hall–Kier alpha value is -0.459. The summed E-state index contributed by atoms with van der Waals surface area (Å²) in [6, 6.07) is 0. The van der Waals surface area contributed by atoms with Gasteiger partial charge in [0, 0.05) is 24.7 Å². The van der Waals surface area contributed by atoms with E-state index in [-0.39, 0.29) is 34.1 Å². The van der Waals surface area contributed by atoms with Crippen molar-refractivity contribution >= 4 is 30.5 Å². The number of carbonyl (C=O) groups is 1. The summed E-state index contributed by atoms with van der Waals surface area (Å²) in [7, 11) is -5.42. The first-order chi connectivity index (χ1) is 16.6. The maximum atomic E-state index is 13.3. The molecule has 1 rings (SSSR count). The molecule has 37 heavy (non-hydrogen) atoms. The lowest BCUT2D eigenvalue weighted by Gasteiger charge is -2.40. The minimum atomic E-state index is -2.02. The Balaban J connectivity index is 3.35. The number of hydrogen-bond donors (Lipinski definition) is 0. The van der Waals surface area contributed by atoms with Gasteiger partial charge in [-0.05, 0) is 42.7 Å². The molecule has 0 aliphatic heterocycles. The molecule has 0 amide bonds. The molecule has 0 radical (unpaired) electrons. The number of hydrogen-bond acceptors (Lipinski definition) is 3. The number of ketones is 1. The lowest BCUT2D eigenvalue weighted by Crippen LogP contribution is -2.45. The van der Waals surface area contributed by atoms with Crippen molar-refractivity contribution in [3.8, 4) is 11.5 Å². The largest absolute Gasteiger partial charge is 0.413 e. The van der Waals surface area contributed by atoms with E-state index in [1.54, 1.807) is 0 Å². The number of unbranched alkanes of at least 4 members (excludes halogenated alkanes) is 2. The number of carbonyl (C=O) groups excluding carboxylic acids is 1. The van der Waals surface area contributed by atoms with Crippen LogP contribution in [0.1, 0.15) is 87.0 Å². The maximum absolute atomic E-state index is 13.3. The molecule has 0 N–H and O–H groups in total. The van der Waals surface area contributed by atoms with Crippen molar-refractivity contribution in [3.05, 3.63) is 12.2 Å². The highest BCUT2D eigenvalue weighted by Gasteiger charge is 2.47. The van der Waals surface area contributed by atoms with Gasteiger partial charge < -0.3 is 8.85 Å². The fraction of sp³-hybridized carbons (Fsp3) is 0.839. The molecular weight excluding hydrogens is 505 g/mol. The van der Waals surface area contributed by atoms with Crippen LogP contribution in [0.3, 0.4) is 0 Å². The van der Waals surface area contributed by atoms with Crippen LogP contribution in [0.5, 0.6) is 0 Å². The Morgan fingerprint density at radius 2 is 1.51 bits per heavy atom. The summed E-state index contributed by atoms with van der Waals surface area (Å²) in [4.78, 5) is 13.3. The lowest BCUT2D eigenvalue weighted by atomic mass is 9.90. The van der Waals surface area contributed by atoms with Crippen LogP contribution in [-0.2, 0) is 13.6 Å². The molecule has 0 unspecified atom stereocenters. The number of Topliss-reactive ketones (excluding diaryl/α,β-unsaturated/α-hetero) is 1. The van der Waals surface area contributed by atoms with Crippen molar-refractivity contribution in [2.45, 2.75) is 155 Å². The van der Waals surface area contributed by atoms with Crippen LogP contribution in [0.2, 0.25) is 55.9 Å². The van der Waals surface area contributed by atoms with Crippen LogP contribution in [0.15, 0.2) is 12.2 Å². The Morgan fingerprint density at radius 3 is 2.00 bits per heavy atom. The molecule has 1 saturated carbocycles. The van der Waals surface area contributed by atoms with Gasteiger partial charge in [0.05, 0.1) is 12.2 Å². The highest BCUT2D eigenvalue weighted by Crippen LogP contribution is 2.43. The van der Waals surface area contributed by atoms with E-state index in [2.05, 4.69) is 118 Å². The van der Waals surface area contributed by atoms with Gasteiger partial charge in [-0.2, -0.15) is 0 Å². The highest BCUT2D eigenvalue weighted by molar-refractivity contribution is 6.83. The first-order valence-electron chi connectivity index (χ1n) is 14.7. The fourth-order valence-corrected chi connectivity index (χ4v) is 7.46. The third-order valence-electron chi connectivity index (χ3n) is 8.64.